The highest BCUT2D eigenvalue weighted by Crippen LogP contribution is 2.25. The number of carbonyl (C=O) groups is 2. The summed E-state index contributed by atoms with van der Waals surface area (Å²) >= 11 is 0. The standard InChI is InChI=1S/C13H19N3O3/c1-9-8-11(13(18)19)4-7-15(9)12(17)10(2)16-6-3-5-14-16/h3,5-6,9-11H,4,7-8H2,1-2H3,(H,18,19). The lowest BCUT2D eigenvalue weighted by Crippen LogP contribution is -2.48. The predicted molar refractivity (Wildman–Crippen MR) is 68.5 cm³/mol. The summed E-state index contributed by atoms with van der Waals surface area (Å²) in [5, 5.41) is 13.1. The van der Waals surface area contributed by atoms with Crippen LogP contribution in [0, 0.1) is 5.92 Å². The lowest BCUT2D eigenvalue weighted by molar-refractivity contribution is -0.148. The molecule has 0 spiro atoms. The van der Waals surface area contributed by atoms with E-state index in [0.29, 0.717) is 19.4 Å². The van der Waals surface area contributed by atoms with E-state index < -0.39 is 5.97 Å². The van der Waals surface area contributed by atoms with Gasteiger partial charge in [0.25, 0.3) is 0 Å². The van der Waals surface area contributed by atoms with Crippen molar-refractivity contribution in [3.05, 3.63) is 18.5 Å². The Kier molecular flexibility index (Phi) is 3.87. The highest BCUT2D eigenvalue weighted by molar-refractivity contribution is 5.80. The third kappa shape index (κ3) is 2.77. The molecule has 2 heterocycles. The van der Waals surface area contributed by atoms with Crippen LogP contribution in [0.15, 0.2) is 18.5 Å². The van der Waals surface area contributed by atoms with E-state index in [1.807, 2.05) is 13.8 Å². The molecule has 3 unspecified atom stereocenters. The molecule has 0 bridgehead atoms. The van der Waals surface area contributed by atoms with Gasteiger partial charge in [0.2, 0.25) is 5.91 Å². The van der Waals surface area contributed by atoms with Gasteiger partial charge in [-0.15, -0.1) is 0 Å². The quantitative estimate of drug-likeness (QED) is 0.889. The number of amides is 1. The predicted octanol–water partition coefficient (Wildman–Crippen LogP) is 1.16. The first-order valence-electron chi connectivity index (χ1n) is 6.53. The van der Waals surface area contributed by atoms with Crippen LogP contribution in [0.1, 0.15) is 32.7 Å². The molecule has 1 N–H and O–H groups in total. The second-order valence-electron chi connectivity index (χ2n) is 5.10. The summed E-state index contributed by atoms with van der Waals surface area (Å²) in [6.45, 7) is 4.22. The van der Waals surface area contributed by atoms with Gasteiger partial charge >= 0.3 is 5.97 Å². The molecule has 0 radical (unpaired) electrons. The largest absolute Gasteiger partial charge is 0.481 e. The second kappa shape index (κ2) is 5.42. The van der Waals surface area contributed by atoms with Gasteiger partial charge in [-0.3, -0.25) is 14.3 Å². The molecule has 6 nitrogen and oxygen atoms in total. The first-order chi connectivity index (χ1) is 9.00. The highest BCUT2D eigenvalue weighted by atomic mass is 16.4. The molecule has 1 amide bonds. The maximum Gasteiger partial charge on any atom is 0.306 e. The van der Waals surface area contributed by atoms with E-state index in [2.05, 4.69) is 5.10 Å². The number of likely N-dealkylation sites (tertiary alicyclic amines) is 1. The van der Waals surface area contributed by atoms with Crippen LogP contribution >= 0.6 is 0 Å². The topological polar surface area (TPSA) is 75.4 Å². The molecule has 1 aromatic heterocycles. The Balaban J connectivity index is 2.03. The fraction of sp³-hybridized carbons (Fsp3) is 0.615. The van der Waals surface area contributed by atoms with E-state index >= 15 is 0 Å². The first kappa shape index (κ1) is 13.6. The first-order valence-corrected chi connectivity index (χ1v) is 6.53. The molecule has 6 heteroatoms. The summed E-state index contributed by atoms with van der Waals surface area (Å²) in [7, 11) is 0. The van der Waals surface area contributed by atoms with Crippen LogP contribution in [-0.2, 0) is 9.59 Å². The Morgan fingerprint density at radius 1 is 1.47 bits per heavy atom. The SMILES string of the molecule is CC1CC(C(=O)O)CCN1C(=O)C(C)n1cccn1. The van der Waals surface area contributed by atoms with Crippen molar-refractivity contribution in [1.29, 1.82) is 0 Å². The number of carbonyl (C=O) groups excluding carboxylic acids is 1. The highest BCUT2D eigenvalue weighted by Gasteiger charge is 2.34. The lowest BCUT2D eigenvalue weighted by atomic mass is 9.91. The van der Waals surface area contributed by atoms with Crippen molar-refractivity contribution in [3.63, 3.8) is 0 Å². The third-order valence-electron chi connectivity index (χ3n) is 3.79. The number of hydrogen-bond acceptors (Lipinski definition) is 3. The van der Waals surface area contributed by atoms with Gasteiger partial charge in [-0.2, -0.15) is 5.10 Å². The number of nitrogens with zero attached hydrogens (tertiary/aromatic N) is 3. The fourth-order valence-corrected chi connectivity index (χ4v) is 2.59. The van der Waals surface area contributed by atoms with Crippen LogP contribution in [0.5, 0.6) is 0 Å². The van der Waals surface area contributed by atoms with E-state index in [9.17, 15) is 9.59 Å². The Morgan fingerprint density at radius 2 is 2.21 bits per heavy atom. The van der Waals surface area contributed by atoms with Crippen molar-refractivity contribution < 1.29 is 14.7 Å². The molecule has 0 aromatic carbocycles. The van der Waals surface area contributed by atoms with E-state index in [0.717, 1.165) is 0 Å². The number of rotatable bonds is 3. The van der Waals surface area contributed by atoms with Crippen molar-refractivity contribution in [2.75, 3.05) is 6.54 Å². The number of carboxylic acid groups (broad SMARTS) is 1. The Morgan fingerprint density at radius 3 is 2.74 bits per heavy atom. The molecule has 3 atom stereocenters. The van der Waals surface area contributed by atoms with Gasteiger partial charge in [0.1, 0.15) is 6.04 Å². The van der Waals surface area contributed by atoms with Crippen LogP contribution in [-0.4, -0.2) is 44.3 Å². The van der Waals surface area contributed by atoms with E-state index in [-0.39, 0.29) is 23.9 Å². The summed E-state index contributed by atoms with van der Waals surface area (Å²) in [6.07, 6.45) is 4.45. The molecule has 1 aliphatic rings. The number of aromatic nitrogens is 2. The minimum Gasteiger partial charge on any atom is -0.481 e. The summed E-state index contributed by atoms with van der Waals surface area (Å²) in [6, 6.07) is 1.39. The molecular weight excluding hydrogens is 246 g/mol. The summed E-state index contributed by atoms with van der Waals surface area (Å²) in [5.41, 5.74) is 0. The fourth-order valence-electron chi connectivity index (χ4n) is 2.59. The van der Waals surface area contributed by atoms with Gasteiger partial charge in [0, 0.05) is 25.0 Å². The smallest absolute Gasteiger partial charge is 0.306 e. The maximum atomic E-state index is 12.4. The Bertz CT molecular complexity index is 458. The molecule has 1 fully saturated rings. The third-order valence-corrected chi connectivity index (χ3v) is 3.79. The van der Waals surface area contributed by atoms with Crippen molar-refractivity contribution in [1.82, 2.24) is 14.7 Å². The molecule has 2 rings (SSSR count). The van der Waals surface area contributed by atoms with E-state index in [1.165, 1.54) is 0 Å². The van der Waals surface area contributed by atoms with Gasteiger partial charge in [-0.25, -0.2) is 0 Å². The van der Waals surface area contributed by atoms with Crippen LogP contribution in [0.2, 0.25) is 0 Å². The van der Waals surface area contributed by atoms with Crippen molar-refractivity contribution in [2.24, 2.45) is 5.92 Å². The zero-order valence-corrected chi connectivity index (χ0v) is 11.2. The average molecular weight is 265 g/mol. The van der Waals surface area contributed by atoms with Crippen LogP contribution in [0.3, 0.4) is 0 Å². The molecule has 104 valence electrons. The Labute approximate surface area is 112 Å². The van der Waals surface area contributed by atoms with Gasteiger partial charge in [0.15, 0.2) is 0 Å². The van der Waals surface area contributed by atoms with Crippen molar-refractivity contribution in [2.45, 2.75) is 38.8 Å². The molecular formula is C13H19N3O3. The normalized spacial score (nSPS) is 25.1. The van der Waals surface area contributed by atoms with E-state index in [4.69, 9.17) is 5.11 Å². The summed E-state index contributed by atoms with van der Waals surface area (Å²) < 4.78 is 1.62. The number of piperidine rings is 1. The average Bonchev–Trinajstić information content (AvgIpc) is 2.90. The number of hydrogen-bond donors (Lipinski definition) is 1. The van der Waals surface area contributed by atoms with Gasteiger partial charge in [-0.1, -0.05) is 0 Å². The van der Waals surface area contributed by atoms with Gasteiger partial charge in [-0.05, 0) is 32.8 Å². The van der Waals surface area contributed by atoms with Gasteiger partial charge < -0.3 is 10.0 Å². The maximum absolute atomic E-state index is 12.4. The molecule has 1 aliphatic heterocycles. The number of aliphatic carboxylic acids is 1. The van der Waals surface area contributed by atoms with Crippen LogP contribution in [0.4, 0.5) is 0 Å². The second-order valence-corrected chi connectivity index (χ2v) is 5.10. The summed E-state index contributed by atoms with van der Waals surface area (Å²) in [4.78, 5) is 25.2. The van der Waals surface area contributed by atoms with Gasteiger partial charge in [0.05, 0.1) is 5.92 Å². The monoisotopic (exact) mass is 265 g/mol. The minimum absolute atomic E-state index is 0.0000359. The van der Waals surface area contributed by atoms with Crippen LogP contribution in [0.25, 0.3) is 0 Å². The lowest BCUT2D eigenvalue weighted by Gasteiger charge is -2.37. The molecule has 1 aromatic rings. The zero-order chi connectivity index (χ0) is 14.0. The summed E-state index contributed by atoms with van der Waals surface area (Å²) in [5.74, 6) is -1.10. The molecule has 1 saturated heterocycles. The molecule has 0 saturated carbocycles. The zero-order valence-electron chi connectivity index (χ0n) is 11.2. The number of carboxylic acids is 1. The molecule has 19 heavy (non-hydrogen) atoms. The van der Waals surface area contributed by atoms with E-state index in [1.54, 1.807) is 28.0 Å². The van der Waals surface area contributed by atoms with Crippen molar-refractivity contribution >= 4 is 11.9 Å². The molecule has 0 aliphatic carbocycles. The van der Waals surface area contributed by atoms with Crippen LogP contribution < -0.4 is 0 Å². The Hall–Kier alpha value is -1.85. The van der Waals surface area contributed by atoms with Crippen molar-refractivity contribution in [3.8, 4) is 0 Å². The minimum atomic E-state index is -0.765.